The van der Waals surface area contributed by atoms with E-state index in [0.29, 0.717) is 16.7 Å². The Morgan fingerprint density at radius 2 is 0.760 bits per heavy atom. The third kappa shape index (κ3) is 7.17. The number of carbonyl (C=O) groups excluding carboxylic acids is 2. The Hall–Kier alpha value is -4.20. The van der Waals surface area contributed by atoms with Crippen molar-refractivity contribution in [2.45, 2.75) is 140 Å². The van der Waals surface area contributed by atoms with Crippen molar-refractivity contribution >= 4 is 12.1 Å². The van der Waals surface area contributed by atoms with Gasteiger partial charge in [0, 0.05) is 13.1 Å². The van der Waals surface area contributed by atoms with Crippen molar-refractivity contribution < 1.29 is 24.9 Å². The average molecular weight is 686 g/mol. The van der Waals surface area contributed by atoms with Gasteiger partial charge < -0.3 is 25.1 Å². The van der Waals surface area contributed by atoms with E-state index in [4.69, 9.17) is 0 Å². The van der Waals surface area contributed by atoms with Crippen LogP contribution >= 0.6 is 0 Å². The molecule has 4 amide bonds. The molecule has 3 N–H and O–H groups in total. The number of hydrogen-bond donors (Lipinski definition) is 3. The molecule has 0 aromatic heterocycles. The summed E-state index contributed by atoms with van der Waals surface area (Å²) in [5.74, 6) is 0.604. The van der Waals surface area contributed by atoms with E-state index >= 15 is 0 Å². The van der Waals surface area contributed by atoms with Gasteiger partial charge in [0.1, 0.15) is 17.2 Å². The topological polar surface area (TPSA) is 105 Å². The van der Waals surface area contributed by atoms with Crippen LogP contribution in [0.5, 0.6) is 17.2 Å². The van der Waals surface area contributed by atoms with Crippen molar-refractivity contribution in [3.8, 4) is 17.2 Å². The first kappa shape index (κ1) is 38.6. The van der Waals surface area contributed by atoms with Crippen molar-refractivity contribution in [3.05, 3.63) is 85.0 Å². The lowest BCUT2D eigenvalue weighted by Crippen LogP contribution is -2.60. The van der Waals surface area contributed by atoms with Gasteiger partial charge in [-0.2, -0.15) is 0 Å². The summed E-state index contributed by atoms with van der Waals surface area (Å²) in [6.45, 7) is 30.4. The normalized spacial score (nSPS) is 14.7. The van der Waals surface area contributed by atoms with Gasteiger partial charge in [0.05, 0.1) is 13.2 Å². The van der Waals surface area contributed by atoms with Gasteiger partial charge >= 0.3 is 12.1 Å². The van der Waals surface area contributed by atoms with Crippen LogP contribution in [-0.4, -0.2) is 48.8 Å². The highest BCUT2D eigenvalue weighted by Gasteiger charge is 2.39. The lowest BCUT2D eigenvalue weighted by atomic mass is 9.82. The maximum atomic E-state index is 14.4. The minimum Gasteiger partial charge on any atom is -0.507 e. The van der Waals surface area contributed by atoms with E-state index in [9.17, 15) is 24.9 Å². The van der Waals surface area contributed by atoms with Crippen LogP contribution in [0, 0.1) is 41.5 Å². The molecule has 272 valence electrons. The molecule has 0 radical (unpaired) electrons. The van der Waals surface area contributed by atoms with Crippen LogP contribution in [0.4, 0.5) is 9.59 Å². The molecule has 0 unspecified atom stereocenters. The molecule has 1 saturated heterocycles. The number of aryl methyl sites for hydroxylation is 3. The van der Waals surface area contributed by atoms with E-state index in [2.05, 4.69) is 41.5 Å². The number of amides is 4. The predicted octanol–water partition coefficient (Wildman–Crippen LogP) is 9.56. The fraction of sp³-hybridized carbons (Fsp3) is 0.524. The van der Waals surface area contributed by atoms with Crippen molar-refractivity contribution in [2.24, 2.45) is 0 Å². The molecule has 8 heteroatoms. The molecule has 0 spiro atoms. The lowest BCUT2D eigenvalue weighted by Gasteiger charge is -2.42. The molecule has 50 heavy (non-hydrogen) atoms. The van der Waals surface area contributed by atoms with Gasteiger partial charge in [0.25, 0.3) is 0 Å². The minimum atomic E-state index is -0.443. The van der Waals surface area contributed by atoms with Gasteiger partial charge in [-0.1, -0.05) is 80.5 Å². The van der Waals surface area contributed by atoms with Crippen LogP contribution in [0.2, 0.25) is 0 Å². The van der Waals surface area contributed by atoms with E-state index in [-0.39, 0.29) is 59.8 Å². The zero-order valence-corrected chi connectivity index (χ0v) is 33.1. The van der Waals surface area contributed by atoms with Crippen molar-refractivity contribution in [1.82, 2.24) is 14.7 Å². The molecule has 3 aromatic carbocycles. The van der Waals surface area contributed by atoms with Crippen LogP contribution in [0.1, 0.15) is 129 Å². The highest BCUT2D eigenvalue weighted by atomic mass is 16.3. The summed E-state index contributed by atoms with van der Waals surface area (Å²) in [5.41, 5.74) is 8.90. The summed E-state index contributed by atoms with van der Waals surface area (Å²) in [6, 6.07) is 5.05. The first-order chi connectivity index (χ1) is 22.8. The second-order valence-corrected chi connectivity index (χ2v) is 17.5. The van der Waals surface area contributed by atoms with E-state index in [0.717, 1.165) is 50.1 Å². The number of imide groups is 1. The molecule has 0 bridgehead atoms. The van der Waals surface area contributed by atoms with Crippen LogP contribution in [0.15, 0.2) is 18.2 Å². The van der Waals surface area contributed by atoms with E-state index < -0.39 is 12.1 Å². The number of carbonyl (C=O) groups is 2. The number of aromatic hydroxyl groups is 3. The van der Waals surface area contributed by atoms with Gasteiger partial charge in [-0.15, -0.1) is 0 Å². The van der Waals surface area contributed by atoms with Gasteiger partial charge in [0.2, 0.25) is 0 Å². The number of benzene rings is 3. The predicted molar refractivity (Wildman–Crippen MR) is 201 cm³/mol. The maximum Gasteiger partial charge on any atom is 0.330 e. The molecule has 3 aromatic rings. The standard InChI is InChI=1S/C42H59N3O5/c1-23-16-32(40(7,8)9)35(46)26(4)29(23)19-43-22-44(20-30-24(2)17-33(41(10,11)12)36(47)27(30)5)39(50)45(38(43)49)21-31-25(3)18-34(42(13,14)15)37(48)28(31)6/h16-18,46-48H,19-22H2,1-15H3. The average Bonchev–Trinajstić information content (AvgIpc) is 2.98. The molecule has 1 aliphatic rings. The second-order valence-electron chi connectivity index (χ2n) is 17.5. The van der Waals surface area contributed by atoms with Crippen molar-refractivity contribution in [1.29, 1.82) is 0 Å². The molecule has 8 nitrogen and oxygen atoms in total. The summed E-state index contributed by atoms with van der Waals surface area (Å²) in [5, 5.41) is 33.8. The van der Waals surface area contributed by atoms with Crippen LogP contribution in [0.3, 0.4) is 0 Å². The molecular weight excluding hydrogens is 626 g/mol. The van der Waals surface area contributed by atoms with Crippen LogP contribution in [0.25, 0.3) is 0 Å². The smallest absolute Gasteiger partial charge is 0.330 e. The van der Waals surface area contributed by atoms with E-state index in [1.165, 1.54) is 4.90 Å². The summed E-state index contributed by atoms with van der Waals surface area (Å²) in [6.07, 6.45) is 0. The first-order valence-corrected chi connectivity index (χ1v) is 17.6. The Morgan fingerprint density at radius 3 is 1.02 bits per heavy atom. The molecule has 1 heterocycles. The van der Waals surface area contributed by atoms with Crippen molar-refractivity contribution in [2.75, 3.05) is 6.67 Å². The molecule has 0 saturated carbocycles. The van der Waals surface area contributed by atoms with Crippen molar-refractivity contribution in [3.63, 3.8) is 0 Å². The number of phenolic OH excluding ortho intramolecular Hbond substituents is 3. The molecule has 0 aliphatic carbocycles. The molecule has 0 atom stereocenters. The largest absolute Gasteiger partial charge is 0.507 e. The summed E-state index contributed by atoms with van der Waals surface area (Å²) >= 11 is 0. The van der Waals surface area contributed by atoms with Gasteiger partial charge in [0.15, 0.2) is 0 Å². The Labute approximate surface area is 299 Å². The Bertz CT molecular complexity index is 1760. The summed E-state index contributed by atoms with van der Waals surface area (Å²) < 4.78 is 0. The number of urea groups is 2. The molecular formula is C42H59N3O5. The Balaban J connectivity index is 1.83. The second kappa shape index (κ2) is 13.2. The van der Waals surface area contributed by atoms with Gasteiger partial charge in [-0.05, 0) is 125 Å². The molecule has 1 fully saturated rings. The Kier molecular flexibility index (Phi) is 10.2. The number of rotatable bonds is 6. The Morgan fingerprint density at radius 1 is 0.500 bits per heavy atom. The van der Waals surface area contributed by atoms with Gasteiger partial charge in [-0.3, -0.25) is 0 Å². The number of phenols is 3. The fourth-order valence-corrected chi connectivity index (χ4v) is 7.14. The quantitative estimate of drug-likeness (QED) is 0.240. The minimum absolute atomic E-state index is 0.0152. The summed E-state index contributed by atoms with van der Waals surface area (Å²) in [7, 11) is 0. The number of hydrogen-bond acceptors (Lipinski definition) is 5. The zero-order valence-electron chi connectivity index (χ0n) is 33.1. The summed E-state index contributed by atoms with van der Waals surface area (Å²) in [4.78, 5) is 33.3. The van der Waals surface area contributed by atoms with Gasteiger partial charge in [-0.25, -0.2) is 14.5 Å². The highest BCUT2D eigenvalue weighted by Crippen LogP contribution is 2.40. The monoisotopic (exact) mass is 685 g/mol. The third-order valence-corrected chi connectivity index (χ3v) is 10.5. The lowest BCUT2D eigenvalue weighted by molar-refractivity contribution is 0.0694. The third-order valence-electron chi connectivity index (χ3n) is 10.5. The highest BCUT2D eigenvalue weighted by molar-refractivity contribution is 5.95. The van der Waals surface area contributed by atoms with Crippen LogP contribution < -0.4 is 0 Å². The van der Waals surface area contributed by atoms with E-state index in [1.807, 2.05) is 80.5 Å². The fourth-order valence-electron chi connectivity index (χ4n) is 7.14. The maximum absolute atomic E-state index is 14.4. The van der Waals surface area contributed by atoms with Crippen LogP contribution in [-0.2, 0) is 35.9 Å². The van der Waals surface area contributed by atoms with E-state index in [1.54, 1.807) is 9.80 Å². The zero-order chi connectivity index (χ0) is 38.0. The molecule has 1 aliphatic heterocycles. The first-order valence-electron chi connectivity index (χ1n) is 17.6. The number of nitrogens with zero attached hydrogens (tertiary/aromatic N) is 3. The SMILES string of the molecule is Cc1cc(C(C)(C)C)c(O)c(C)c1CN1CN(Cc2c(C)cc(C(C)(C)C)c(O)c2C)C(=O)N(Cc2c(C)cc(C(C)(C)C)c(O)c2C)C1=O. The molecule has 4 rings (SSSR count).